The normalized spacial score (nSPS) is 17.1. The molecule has 1 N–H and O–H groups in total. The first-order valence-corrected chi connectivity index (χ1v) is 7.81. The van der Waals surface area contributed by atoms with Crippen molar-refractivity contribution in [3.05, 3.63) is 28.2 Å². The van der Waals surface area contributed by atoms with Gasteiger partial charge in [0.05, 0.1) is 20.7 Å². The lowest BCUT2D eigenvalue weighted by atomic mass is 10.4. The van der Waals surface area contributed by atoms with Crippen molar-refractivity contribution in [1.29, 1.82) is 0 Å². The highest BCUT2D eigenvalue weighted by Crippen LogP contribution is 2.24. The van der Waals surface area contributed by atoms with Crippen LogP contribution >= 0.6 is 23.2 Å². The van der Waals surface area contributed by atoms with Crippen LogP contribution in [0.5, 0.6) is 0 Å². The zero-order chi connectivity index (χ0) is 12.3. The third-order valence-corrected chi connectivity index (χ3v) is 4.82. The van der Waals surface area contributed by atoms with Crippen molar-refractivity contribution < 1.29 is 4.21 Å². The van der Waals surface area contributed by atoms with E-state index < -0.39 is 10.8 Å². The minimum atomic E-state index is -1.06. The first-order valence-electron chi connectivity index (χ1n) is 5.73. The smallest absolute Gasteiger partial charge is 0.0589 e. The van der Waals surface area contributed by atoms with Crippen molar-refractivity contribution in [3.63, 3.8) is 0 Å². The lowest BCUT2D eigenvalue weighted by molar-refractivity contribution is 0.657. The van der Waals surface area contributed by atoms with Gasteiger partial charge in [0.2, 0.25) is 0 Å². The molecule has 0 heterocycles. The average molecular weight is 292 g/mol. The van der Waals surface area contributed by atoms with Crippen LogP contribution in [-0.2, 0) is 10.8 Å². The highest BCUT2D eigenvalue weighted by molar-refractivity contribution is 7.85. The molecule has 0 aliphatic heterocycles. The fourth-order valence-corrected chi connectivity index (χ4v) is 3.34. The molecule has 1 fully saturated rings. The zero-order valence-electron chi connectivity index (χ0n) is 9.42. The summed E-state index contributed by atoms with van der Waals surface area (Å²) >= 11 is 11.9. The summed E-state index contributed by atoms with van der Waals surface area (Å²) in [5.74, 6) is 0.625. The summed E-state index contributed by atoms with van der Waals surface area (Å²) in [5, 5.41) is 4.50. The minimum absolute atomic E-state index is 0.530. The Morgan fingerprint density at radius 2 is 2.12 bits per heavy atom. The molecule has 1 atom stereocenters. The van der Waals surface area contributed by atoms with Gasteiger partial charge < -0.3 is 5.32 Å². The Hall–Kier alpha value is -0.0900. The molecule has 1 unspecified atom stereocenters. The number of nitrogens with one attached hydrogen (secondary N) is 1. The van der Waals surface area contributed by atoms with Crippen LogP contribution in [0.1, 0.15) is 19.3 Å². The first-order chi connectivity index (χ1) is 8.16. The molecule has 5 heteroatoms. The van der Waals surface area contributed by atoms with Gasteiger partial charge in [0, 0.05) is 16.8 Å². The molecule has 2 rings (SSSR count). The maximum Gasteiger partial charge on any atom is 0.0589 e. The fraction of sp³-hybridized carbons (Fsp3) is 0.500. The summed E-state index contributed by atoms with van der Waals surface area (Å²) in [6, 6.07) is 5.80. The third-order valence-electron chi connectivity index (χ3n) is 2.66. The van der Waals surface area contributed by atoms with E-state index in [9.17, 15) is 4.21 Å². The lowest BCUT2D eigenvalue weighted by Gasteiger charge is -2.06. The van der Waals surface area contributed by atoms with Gasteiger partial charge in [-0.3, -0.25) is 4.21 Å². The highest BCUT2D eigenvalue weighted by atomic mass is 35.5. The second-order valence-corrected chi connectivity index (χ2v) is 6.59. The second-order valence-electron chi connectivity index (χ2n) is 4.21. The van der Waals surface area contributed by atoms with Gasteiger partial charge >= 0.3 is 0 Å². The largest absolute Gasteiger partial charge is 0.314 e. The van der Waals surface area contributed by atoms with E-state index in [1.807, 2.05) is 0 Å². The van der Waals surface area contributed by atoms with E-state index in [4.69, 9.17) is 23.2 Å². The summed E-state index contributed by atoms with van der Waals surface area (Å²) in [6.07, 6.45) is 3.46. The second kappa shape index (κ2) is 6.19. The molecule has 1 saturated carbocycles. The Balaban J connectivity index is 1.82. The Morgan fingerprint density at radius 3 is 2.82 bits per heavy atom. The number of rotatable bonds is 6. The van der Waals surface area contributed by atoms with Crippen LogP contribution in [0, 0.1) is 0 Å². The van der Waals surface area contributed by atoms with Gasteiger partial charge in [0.1, 0.15) is 0 Å². The Kier molecular flexibility index (Phi) is 4.86. The predicted octanol–water partition coefficient (Wildman–Crippen LogP) is 3.24. The molecule has 0 bridgehead atoms. The molecule has 1 aliphatic rings. The first kappa shape index (κ1) is 13.3. The average Bonchev–Trinajstić information content (AvgIpc) is 3.11. The van der Waals surface area contributed by atoms with Crippen LogP contribution < -0.4 is 5.32 Å². The van der Waals surface area contributed by atoms with Crippen molar-refractivity contribution in [2.75, 3.05) is 12.3 Å². The molecule has 1 aromatic carbocycles. The van der Waals surface area contributed by atoms with Gasteiger partial charge in [-0.15, -0.1) is 0 Å². The molecule has 17 heavy (non-hydrogen) atoms. The number of hydrogen-bond donors (Lipinski definition) is 1. The van der Waals surface area contributed by atoms with E-state index in [1.54, 1.807) is 18.2 Å². The monoisotopic (exact) mass is 291 g/mol. The number of hydrogen-bond acceptors (Lipinski definition) is 2. The molecule has 0 spiro atoms. The van der Waals surface area contributed by atoms with E-state index in [2.05, 4.69) is 5.32 Å². The molecule has 94 valence electrons. The lowest BCUT2D eigenvalue weighted by Crippen LogP contribution is -2.19. The maximum absolute atomic E-state index is 12.0. The predicted molar refractivity (Wildman–Crippen MR) is 73.4 cm³/mol. The van der Waals surface area contributed by atoms with E-state index >= 15 is 0 Å². The number of halogens is 2. The highest BCUT2D eigenvalue weighted by Gasteiger charge is 2.19. The summed E-state index contributed by atoms with van der Waals surface area (Å²) in [5.41, 5.74) is 0. The van der Waals surface area contributed by atoms with Gasteiger partial charge in [-0.25, -0.2) is 0 Å². The standard InChI is InChI=1S/C12H15Cl2NOS/c13-9-2-5-11(14)12(8-9)17(16)7-1-6-15-10-3-4-10/h2,5,8,10,15H,1,3-4,6-7H2. The van der Waals surface area contributed by atoms with Crippen LogP contribution in [-0.4, -0.2) is 22.5 Å². The maximum atomic E-state index is 12.0. The minimum Gasteiger partial charge on any atom is -0.314 e. The van der Waals surface area contributed by atoms with E-state index in [-0.39, 0.29) is 0 Å². The molecule has 0 radical (unpaired) electrons. The third kappa shape index (κ3) is 4.25. The van der Waals surface area contributed by atoms with E-state index in [0.29, 0.717) is 26.7 Å². The SMILES string of the molecule is O=S(CCCNC1CC1)c1cc(Cl)ccc1Cl. The Labute approximate surface area is 114 Å². The van der Waals surface area contributed by atoms with Gasteiger partial charge in [-0.05, 0) is 44.0 Å². The van der Waals surface area contributed by atoms with Crippen molar-refractivity contribution in [2.45, 2.75) is 30.2 Å². The van der Waals surface area contributed by atoms with Crippen LogP contribution in [0.25, 0.3) is 0 Å². The fourth-order valence-electron chi connectivity index (χ4n) is 1.56. The Bertz CT molecular complexity index is 421. The van der Waals surface area contributed by atoms with E-state index in [0.717, 1.165) is 13.0 Å². The topological polar surface area (TPSA) is 29.1 Å². The van der Waals surface area contributed by atoms with Gasteiger partial charge in [-0.2, -0.15) is 0 Å². The molecule has 1 aromatic rings. The number of benzene rings is 1. The summed E-state index contributed by atoms with van der Waals surface area (Å²) in [6.45, 7) is 0.925. The van der Waals surface area contributed by atoms with Crippen molar-refractivity contribution >= 4 is 34.0 Å². The quantitative estimate of drug-likeness (QED) is 0.816. The summed E-state index contributed by atoms with van der Waals surface area (Å²) in [7, 11) is -1.06. The van der Waals surface area contributed by atoms with Gasteiger partial charge in [0.25, 0.3) is 0 Å². The molecule has 0 aromatic heterocycles. The summed E-state index contributed by atoms with van der Waals surface area (Å²) < 4.78 is 12.0. The van der Waals surface area contributed by atoms with Crippen molar-refractivity contribution in [3.8, 4) is 0 Å². The molecular formula is C12H15Cl2NOS. The van der Waals surface area contributed by atoms with Crippen LogP contribution in [0.2, 0.25) is 10.0 Å². The van der Waals surface area contributed by atoms with Crippen LogP contribution in [0.4, 0.5) is 0 Å². The van der Waals surface area contributed by atoms with Crippen molar-refractivity contribution in [2.24, 2.45) is 0 Å². The zero-order valence-corrected chi connectivity index (χ0v) is 11.7. The Morgan fingerprint density at radius 1 is 1.35 bits per heavy atom. The van der Waals surface area contributed by atoms with Gasteiger partial charge in [0.15, 0.2) is 0 Å². The summed E-state index contributed by atoms with van der Waals surface area (Å²) in [4.78, 5) is 0.644. The molecule has 0 amide bonds. The molecule has 1 aliphatic carbocycles. The van der Waals surface area contributed by atoms with Gasteiger partial charge in [-0.1, -0.05) is 23.2 Å². The van der Waals surface area contributed by atoms with Crippen LogP contribution in [0.3, 0.4) is 0 Å². The molecule has 0 saturated heterocycles. The molecule has 2 nitrogen and oxygen atoms in total. The molecular weight excluding hydrogens is 277 g/mol. The van der Waals surface area contributed by atoms with E-state index in [1.165, 1.54) is 12.8 Å². The van der Waals surface area contributed by atoms with Crippen LogP contribution in [0.15, 0.2) is 23.1 Å². The van der Waals surface area contributed by atoms with Crippen molar-refractivity contribution in [1.82, 2.24) is 5.32 Å².